The van der Waals surface area contributed by atoms with Crippen LogP contribution in [0.5, 0.6) is 0 Å². The predicted molar refractivity (Wildman–Crippen MR) is 81.4 cm³/mol. The van der Waals surface area contributed by atoms with Gasteiger partial charge in [0, 0.05) is 31.6 Å². The molecule has 108 valence electrons. The number of benzene rings is 1. The SMILES string of the molecule is CCOC(=O)N1CCC(=Nc2c(Cl)cccc2Cl)CC1. The first-order valence-corrected chi connectivity index (χ1v) is 7.29. The Labute approximate surface area is 128 Å². The second kappa shape index (κ2) is 6.95. The summed E-state index contributed by atoms with van der Waals surface area (Å²) in [4.78, 5) is 17.8. The highest BCUT2D eigenvalue weighted by Crippen LogP contribution is 2.33. The summed E-state index contributed by atoms with van der Waals surface area (Å²) in [7, 11) is 0. The molecule has 0 saturated carbocycles. The van der Waals surface area contributed by atoms with Crippen molar-refractivity contribution in [3.05, 3.63) is 28.2 Å². The second-order valence-electron chi connectivity index (χ2n) is 4.43. The molecule has 6 heteroatoms. The number of piperidine rings is 1. The van der Waals surface area contributed by atoms with E-state index in [1.54, 1.807) is 30.0 Å². The van der Waals surface area contributed by atoms with E-state index in [4.69, 9.17) is 27.9 Å². The lowest BCUT2D eigenvalue weighted by atomic mass is 10.1. The molecule has 1 aromatic rings. The maximum absolute atomic E-state index is 11.6. The number of carbonyl (C=O) groups is 1. The van der Waals surface area contributed by atoms with Crippen LogP contribution in [0.1, 0.15) is 19.8 Å². The first-order chi connectivity index (χ1) is 9.61. The standard InChI is InChI=1S/C14H16Cl2N2O2/c1-2-20-14(19)18-8-6-10(7-9-18)17-13-11(15)4-3-5-12(13)16/h3-5H,2,6-9H2,1H3. The molecule has 4 nitrogen and oxygen atoms in total. The van der Waals surface area contributed by atoms with Crippen LogP contribution in [0.25, 0.3) is 0 Å². The van der Waals surface area contributed by atoms with Gasteiger partial charge >= 0.3 is 6.09 Å². The van der Waals surface area contributed by atoms with Crippen molar-refractivity contribution >= 4 is 40.7 Å². The van der Waals surface area contributed by atoms with E-state index >= 15 is 0 Å². The molecule has 1 heterocycles. The number of halogens is 2. The van der Waals surface area contributed by atoms with Crippen molar-refractivity contribution in [1.82, 2.24) is 4.90 Å². The molecule has 1 amide bonds. The summed E-state index contributed by atoms with van der Waals surface area (Å²) in [6.45, 7) is 3.42. The Morgan fingerprint density at radius 3 is 2.45 bits per heavy atom. The number of para-hydroxylation sites is 1. The van der Waals surface area contributed by atoms with E-state index in [1.165, 1.54) is 0 Å². The Bertz CT molecular complexity index is 502. The van der Waals surface area contributed by atoms with Crippen LogP contribution in [0.4, 0.5) is 10.5 Å². The first kappa shape index (κ1) is 15.1. The monoisotopic (exact) mass is 314 g/mol. The summed E-state index contributed by atoms with van der Waals surface area (Å²) in [5.41, 5.74) is 1.61. The fraction of sp³-hybridized carbons (Fsp3) is 0.429. The van der Waals surface area contributed by atoms with Crippen LogP contribution in [-0.4, -0.2) is 36.4 Å². The van der Waals surface area contributed by atoms with Gasteiger partial charge in [0.15, 0.2) is 0 Å². The maximum atomic E-state index is 11.6. The van der Waals surface area contributed by atoms with Crippen LogP contribution in [0, 0.1) is 0 Å². The summed E-state index contributed by atoms with van der Waals surface area (Å²) >= 11 is 12.2. The Hall–Kier alpha value is -1.26. The quantitative estimate of drug-likeness (QED) is 0.815. The zero-order valence-corrected chi connectivity index (χ0v) is 12.7. The molecule has 1 aliphatic rings. The topological polar surface area (TPSA) is 41.9 Å². The lowest BCUT2D eigenvalue weighted by Gasteiger charge is -2.26. The number of nitrogens with zero attached hydrogens (tertiary/aromatic N) is 2. The first-order valence-electron chi connectivity index (χ1n) is 6.54. The minimum Gasteiger partial charge on any atom is -0.450 e. The van der Waals surface area contributed by atoms with E-state index in [2.05, 4.69) is 4.99 Å². The van der Waals surface area contributed by atoms with Gasteiger partial charge in [0.2, 0.25) is 0 Å². The molecule has 1 aromatic carbocycles. The largest absolute Gasteiger partial charge is 0.450 e. The summed E-state index contributed by atoms with van der Waals surface area (Å²) < 4.78 is 4.98. The zero-order chi connectivity index (χ0) is 14.5. The molecule has 0 radical (unpaired) electrons. The van der Waals surface area contributed by atoms with E-state index in [0.717, 1.165) is 5.71 Å². The third-order valence-electron chi connectivity index (χ3n) is 3.07. The number of ether oxygens (including phenoxy) is 1. The lowest BCUT2D eigenvalue weighted by molar-refractivity contribution is 0.107. The minimum absolute atomic E-state index is 0.262. The number of carbonyl (C=O) groups excluding carboxylic acids is 1. The second-order valence-corrected chi connectivity index (χ2v) is 5.25. The Kier molecular flexibility index (Phi) is 5.26. The Morgan fingerprint density at radius 2 is 1.90 bits per heavy atom. The normalized spacial score (nSPS) is 15.2. The molecule has 0 aliphatic carbocycles. The molecular formula is C14H16Cl2N2O2. The van der Waals surface area contributed by atoms with E-state index in [9.17, 15) is 4.79 Å². The molecule has 0 N–H and O–H groups in total. The summed E-state index contributed by atoms with van der Waals surface area (Å²) in [6.07, 6.45) is 1.16. The molecule has 0 unspecified atom stereocenters. The van der Waals surface area contributed by atoms with Crippen LogP contribution in [0.3, 0.4) is 0 Å². The molecule has 0 spiro atoms. The van der Waals surface area contributed by atoms with Crippen LogP contribution >= 0.6 is 23.2 Å². The van der Waals surface area contributed by atoms with Crippen molar-refractivity contribution < 1.29 is 9.53 Å². The van der Waals surface area contributed by atoms with Crippen molar-refractivity contribution in [1.29, 1.82) is 0 Å². The van der Waals surface area contributed by atoms with Crippen molar-refractivity contribution in [2.75, 3.05) is 19.7 Å². The Morgan fingerprint density at radius 1 is 1.30 bits per heavy atom. The van der Waals surface area contributed by atoms with Gasteiger partial charge in [-0.15, -0.1) is 0 Å². The molecule has 1 fully saturated rings. The van der Waals surface area contributed by atoms with Crippen LogP contribution in [-0.2, 0) is 4.74 Å². The highest BCUT2D eigenvalue weighted by molar-refractivity contribution is 6.38. The molecule has 0 aromatic heterocycles. The van der Waals surface area contributed by atoms with Gasteiger partial charge in [0.1, 0.15) is 5.69 Å². The van der Waals surface area contributed by atoms with Gasteiger partial charge < -0.3 is 9.64 Å². The average molecular weight is 315 g/mol. The lowest BCUT2D eigenvalue weighted by Crippen LogP contribution is -2.38. The van der Waals surface area contributed by atoms with E-state index in [0.29, 0.717) is 48.3 Å². The molecule has 0 atom stereocenters. The van der Waals surface area contributed by atoms with Gasteiger partial charge in [-0.05, 0) is 19.1 Å². The number of aliphatic imine (C=N–C) groups is 1. The molecule has 1 aliphatic heterocycles. The number of hydrogen-bond acceptors (Lipinski definition) is 3. The Balaban J connectivity index is 2.03. The van der Waals surface area contributed by atoms with Gasteiger partial charge in [0.05, 0.1) is 16.7 Å². The highest BCUT2D eigenvalue weighted by Gasteiger charge is 2.21. The fourth-order valence-electron chi connectivity index (χ4n) is 2.03. The van der Waals surface area contributed by atoms with Gasteiger partial charge in [-0.1, -0.05) is 29.3 Å². The van der Waals surface area contributed by atoms with Gasteiger partial charge in [0.25, 0.3) is 0 Å². The summed E-state index contributed by atoms with van der Waals surface area (Å²) in [5.74, 6) is 0. The van der Waals surface area contributed by atoms with E-state index in [1.807, 2.05) is 0 Å². The molecule has 1 saturated heterocycles. The zero-order valence-electron chi connectivity index (χ0n) is 11.2. The van der Waals surface area contributed by atoms with Gasteiger partial charge in [-0.2, -0.15) is 0 Å². The van der Waals surface area contributed by atoms with Crippen molar-refractivity contribution in [3.8, 4) is 0 Å². The van der Waals surface area contributed by atoms with E-state index in [-0.39, 0.29) is 6.09 Å². The number of hydrogen-bond donors (Lipinski definition) is 0. The maximum Gasteiger partial charge on any atom is 0.409 e. The molecular weight excluding hydrogens is 299 g/mol. The third-order valence-corrected chi connectivity index (χ3v) is 3.68. The molecule has 0 bridgehead atoms. The summed E-state index contributed by atoms with van der Waals surface area (Å²) in [6, 6.07) is 5.32. The van der Waals surface area contributed by atoms with Crippen molar-refractivity contribution in [3.63, 3.8) is 0 Å². The molecule has 2 rings (SSSR count). The van der Waals surface area contributed by atoms with Crippen LogP contribution in [0.2, 0.25) is 10.0 Å². The number of likely N-dealkylation sites (tertiary alicyclic amines) is 1. The number of rotatable bonds is 2. The van der Waals surface area contributed by atoms with Gasteiger partial charge in [-0.25, -0.2) is 4.79 Å². The van der Waals surface area contributed by atoms with Crippen molar-refractivity contribution in [2.24, 2.45) is 4.99 Å². The number of amides is 1. The van der Waals surface area contributed by atoms with Crippen molar-refractivity contribution in [2.45, 2.75) is 19.8 Å². The third kappa shape index (κ3) is 3.64. The smallest absolute Gasteiger partial charge is 0.409 e. The molecule has 20 heavy (non-hydrogen) atoms. The summed E-state index contributed by atoms with van der Waals surface area (Å²) in [5, 5.41) is 1.08. The van der Waals surface area contributed by atoms with E-state index < -0.39 is 0 Å². The predicted octanol–water partition coefficient (Wildman–Crippen LogP) is 4.32. The fourth-order valence-corrected chi connectivity index (χ4v) is 2.51. The van der Waals surface area contributed by atoms with Crippen LogP contribution in [0.15, 0.2) is 23.2 Å². The van der Waals surface area contributed by atoms with Crippen LogP contribution < -0.4 is 0 Å². The van der Waals surface area contributed by atoms with Gasteiger partial charge in [-0.3, -0.25) is 4.99 Å². The average Bonchev–Trinajstić information content (AvgIpc) is 2.44. The minimum atomic E-state index is -0.262. The highest BCUT2D eigenvalue weighted by atomic mass is 35.5.